The molecule has 0 aromatic heterocycles. The number of hydrogen-bond donors (Lipinski definition) is 2. The molecule has 2 amide bonds. The number of ether oxygens (including phenoxy) is 1. The van der Waals surface area contributed by atoms with Crippen LogP contribution in [0.2, 0.25) is 0 Å². The molecular formula is C20H31N3O3. The molecule has 144 valence electrons. The Kier molecular flexibility index (Phi) is 8.06. The molecule has 2 rings (SSSR count). The van der Waals surface area contributed by atoms with Crippen molar-refractivity contribution in [2.45, 2.75) is 39.3 Å². The molecule has 6 nitrogen and oxygen atoms in total. The van der Waals surface area contributed by atoms with Gasteiger partial charge in [0, 0.05) is 26.3 Å². The Balaban J connectivity index is 1.96. The average molecular weight is 361 g/mol. The third-order valence-electron chi connectivity index (χ3n) is 4.82. The molecule has 1 aliphatic heterocycles. The molecule has 0 radical (unpaired) electrons. The van der Waals surface area contributed by atoms with Crippen molar-refractivity contribution in [2.75, 3.05) is 26.3 Å². The van der Waals surface area contributed by atoms with E-state index < -0.39 is 6.04 Å². The number of benzene rings is 1. The monoisotopic (exact) mass is 361 g/mol. The SMILES string of the molecule is CC(C)[C@H](N)C(=O)NCC(=O)N(Cc1ccccc1)CC1CCOCC1. The topological polar surface area (TPSA) is 84.7 Å². The smallest absolute Gasteiger partial charge is 0.242 e. The fourth-order valence-corrected chi connectivity index (χ4v) is 2.99. The lowest BCUT2D eigenvalue weighted by Gasteiger charge is -2.30. The first-order valence-corrected chi connectivity index (χ1v) is 9.40. The van der Waals surface area contributed by atoms with Gasteiger partial charge >= 0.3 is 0 Å². The van der Waals surface area contributed by atoms with Gasteiger partial charge in [-0.1, -0.05) is 44.2 Å². The number of rotatable bonds is 8. The van der Waals surface area contributed by atoms with Gasteiger partial charge in [0.1, 0.15) is 0 Å². The van der Waals surface area contributed by atoms with E-state index in [4.69, 9.17) is 10.5 Å². The molecule has 1 aliphatic rings. The standard InChI is InChI=1S/C20H31N3O3/c1-15(2)19(21)20(25)22-12-18(24)23(13-16-6-4-3-5-7-16)14-17-8-10-26-11-9-17/h3-7,15,17,19H,8-14,21H2,1-2H3,(H,22,25)/t19-/m0/s1. The van der Waals surface area contributed by atoms with Crippen molar-refractivity contribution in [1.82, 2.24) is 10.2 Å². The van der Waals surface area contributed by atoms with Crippen LogP contribution < -0.4 is 11.1 Å². The Labute approximate surface area is 156 Å². The molecule has 0 aliphatic carbocycles. The average Bonchev–Trinajstić information content (AvgIpc) is 2.66. The molecule has 26 heavy (non-hydrogen) atoms. The first kappa shape index (κ1) is 20.4. The van der Waals surface area contributed by atoms with Crippen molar-refractivity contribution in [2.24, 2.45) is 17.6 Å². The number of nitrogens with zero attached hydrogens (tertiary/aromatic N) is 1. The van der Waals surface area contributed by atoms with Gasteiger partial charge in [0.05, 0.1) is 12.6 Å². The van der Waals surface area contributed by atoms with Gasteiger partial charge in [-0.15, -0.1) is 0 Å². The van der Waals surface area contributed by atoms with Crippen molar-refractivity contribution >= 4 is 11.8 Å². The predicted octanol–water partition coefficient (Wildman–Crippen LogP) is 1.54. The highest BCUT2D eigenvalue weighted by atomic mass is 16.5. The molecule has 3 N–H and O–H groups in total. The summed E-state index contributed by atoms with van der Waals surface area (Å²) in [6.07, 6.45) is 1.92. The summed E-state index contributed by atoms with van der Waals surface area (Å²) < 4.78 is 5.41. The Hall–Kier alpha value is -1.92. The molecule has 1 atom stereocenters. The maximum Gasteiger partial charge on any atom is 0.242 e. The largest absolute Gasteiger partial charge is 0.381 e. The van der Waals surface area contributed by atoms with E-state index in [1.807, 2.05) is 49.1 Å². The molecule has 6 heteroatoms. The van der Waals surface area contributed by atoms with Crippen LogP contribution in [0.5, 0.6) is 0 Å². The van der Waals surface area contributed by atoms with E-state index in [2.05, 4.69) is 5.32 Å². The predicted molar refractivity (Wildman–Crippen MR) is 101 cm³/mol. The molecular weight excluding hydrogens is 330 g/mol. The minimum atomic E-state index is -0.596. The molecule has 0 unspecified atom stereocenters. The van der Waals surface area contributed by atoms with Crippen LogP contribution in [0.15, 0.2) is 30.3 Å². The van der Waals surface area contributed by atoms with Gasteiger partial charge in [-0.3, -0.25) is 9.59 Å². The third kappa shape index (κ3) is 6.42. The van der Waals surface area contributed by atoms with Crippen molar-refractivity contribution in [3.05, 3.63) is 35.9 Å². The zero-order valence-electron chi connectivity index (χ0n) is 15.8. The maximum absolute atomic E-state index is 12.8. The van der Waals surface area contributed by atoms with E-state index in [0.29, 0.717) is 19.0 Å². The number of carbonyl (C=O) groups excluding carboxylic acids is 2. The molecule has 1 aromatic rings. The lowest BCUT2D eigenvalue weighted by atomic mass is 9.99. The Morgan fingerprint density at radius 2 is 1.88 bits per heavy atom. The van der Waals surface area contributed by atoms with Crippen LogP contribution in [0.4, 0.5) is 0 Å². The summed E-state index contributed by atoms with van der Waals surface area (Å²) in [5.74, 6) is 0.113. The van der Waals surface area contributed by atoms with E-state index in [1.165, 1.54) is 0 Å². The molecule has 1 heterocycles. The minimum Gasteiger partial charge on any atom is -0.381 e. The van der Waals surface area contributed by atoms with Crippen molar-refractivity contribution < 1.29 is 14.3 Å². The molecule has 0 saturated carbocycles. The second-order valence-electron chi connectivity index (χ2n) is 7.30. The van der Waals surface area contributed by atoms with Crippen LogP contribution in [0, 0.1) is 11.8 Å². The first-order chi connectivity index (χ1) is 12.5. The summed E-state index contributed by atoms with van der Waals surface area (Å²) in [4.78, 5) is 26.6. The number of nitrogens with two attached hydrogens (primary N) is 1. The van der Waals surface area contributed by atoms with E-state index in [-0.39, 0.29) is 24.3 Å². The summed E-state index contributed by atoms with van der Waals surface area (Å²) in [5.41, 5.74) is 6.93. The first-order valence-electron chi connectivity index (χ1n) is 9.40. The zero-order chi connectivity index (χ0) is 18.9. The highest BCUT2D eigenvalue weighted by Gasteiger charge is 2.23. The fraction of sp³-hybridized carbons (Fsp3) is 0.600. The van der Waals surface area contributed by atoms with Gasteiger partial charge in [0.25, 0.3) is 0 Å². The highest BCUT2D eigenvalue weighted by molar-refractivity contribution is 5.87. The van der Waals surface area contributed by atoms with Crippen LogP contribution >= 0.6 is 0 Å². The summed E-state index contributed by atoms with van der Waals surface area (Å²) in [6, 6.07) is 9.32. The lowest BCUT2D eigenvalue weighted by molar-refractivity contribution is -0.134. The molecule has 0 bridgehead atoms. The van der Waals surface area contributed by atoms with Crippen molar-refractivity contribution in [3.63, 3.8) is 0 Å². The normalized spacial score (nSPS) is 16.3. The zero-order valence-corrected chi connectivity index (χ0v) is 15.8. The molecule has 1 aromatic carbocycles. The summed E-state index contributed by atoms with van der Waals surface area (Å²) in [6.45, 7) is 6.48. The Morgan fingerprint density at radius 1 is 1.23 bits per heavy atom. The van der Waals surface area contributed by atoms with E-state index in [0.717, 1.165) is 31.6 Å². The molecule has 1 saturated heterocycles. The number of carbonyl (C=O) groups is 2. The highest BCUT2D eigenvalue weighted by Crippen LogP contribution is 2.17. The van der Waals surface area contributed by atoms with Gasteiger partial charge in [0.15, 0.2) is 0 Å². The van der Waals surface area contributed by atoms with Crippen LogP contribution in [0.1, 0.15) is 32.3 Å². The van der Waals surface area contributed by atoms with Crippen LogP contribution in [0.25, 0.3) is 0 Å². The van der Waals surface area contributed by atoms with E-state index in [1.54, 1.807) is 0 Å². The number of amides is 2. The van der Waals surface area contributed by atoms with Gasteiger partial charge in [-0.25, -0.2) is 0 Å². The molecule has 0 spiro atoms. The quantitative estimate of drug-likeness (QED) is 0.736. The van der Waals surface area contributed by atoms with Gasteiger partial charge in [-0.05, 0) is 30.2 Å². The van der Waals surface area contributed by atoms with Crippen LogP contribution in [-0.4, -0.2) is 49.1 Å². The molecule has 1 fully saturated rings. The third-order valence-corrected chi connectivity index (χ3v) is 4.82. The Morgan fingerprint density at radius 3 is 2.50 bits per heavy atom. The summed E-state index contributed by atoms with van der Waals surface area (Å²) >= 11 is 0. The van der Waals surface area contributed by atoms with Crippen molar-refractivity contribution in [3.8, 4) is 0 Å². The van der Waals surface area contributed by atoms with Gasteiger partial charge in [-0.2, -0.15) is 0 Å². The Bertz CT molecular complexity index is 571. The van der Waals surface area contributed by atoms with Gasteiger partial charge < -0.3 is 20.7 Å². The minimum absolute atomic E-state index is 0.0185. The number of hydrogen-bond acceptors (Lipinski definition) is 4. The summed E-state index contributed by atoms with van der Waals surface area (Å²) in [5, 5.41) is 2.69. The van der Waals surface area contributed by atoms with Gasteiger partial charge in [0.2, 0.25) is 11.8 Å². The van der Waals surface area contributed by atoms with Crippen LogP contribution in [0.3, 0.4) is 0 Å². The van der Waals surface area contributed by atoms with E-state index >= 15 is 0 Å². The summed E-state index contributed by atoms with van der Waals surface area (Å²) in [7, 11) is 0. The van der Waals surface area contributed by atoms with E-state index in [9.17, 15) is 9.59 Å². The lowest BCUT2D eigenvalue weighted by Crippen LogP contribution is -2.48. The second kappa shape index (κ2) is 10.3. The second-order valence-corrected chi connectivity index (χ2v) is 7.30. The fourth-order valence-electron chi connectivity index (χ4n) is 2.99. The van der Waals surface area contributed by atoms with Crippen LogP contribution in [-0.2, 0) is 20.9 Å². The maximum atomic E-state index is 12.8. The number of nitrogens with one attached hydrogen (secondary N) is 1. The van der Waals surface area contributed by atoms with Crippen molar-refractivity contribution in [1.29, 1.82) is 0 Å².